The van der Waals surface area contributed by atoms with Crippen molar-refractivity contribution in [2.24, 2.45) is 5.92 Å². The highest BCUT2D eigenvalue weighted by atomic mass is 127. The van der Waals surface area contributed by atoms with Gasteiger partial charge in [0.15, 0.2) is 0 Å². The summed E-state index contributed by atoms with van der Waals surface area (Å²) in [5, 5.41) is 16.6. The minimum Gasteiger partial charge on any atom is -0.449 e. The molecule has 0 unspecified atom stereocenters. The molecule has 9 nitrogen and oxygen atoms in total. The van der Waals surface area contributed by atoms with Gasteiger partial charge in [-0.05, 0) is 72.3 Å². The van der Waals surface area contributed by atoms with Crippen LogP contribution in [0.25, 0.3) is 0 Å². The smallest absolute Gasteiger partial charge is 0.312 e. The Labute approximate surface area is 231 Å². The Hall–Kier alpha value is -0.925. The lowest BCUT2D eigenvalue weighted by Gasteiger charge is -2.23. The second-order valence-electron chi connectivity index (χ2n) is 8.38. The van der Waals surface area contributed by atoms with Crippen LogP contribution in [-0.4, -0.2) is 48.9 Å². The lowest BCUT2D eigenvalue weighted by Crippen LogP contribution is -2.50. The predicted octanol–water partition coefficient (Wildman–Crippen LogP) is 3.85. The summed E-state index contributed by atoms with van der Waals surface area (Å²) < 4.78 is 0.940. The number of rotatable bonds is 17. The molecule has 0 aliphatic heterocycles. The molecular formula is C22H34BCl2IN4O5. The van der Waals surface area contributed by atoms with E-state index in [1.54, 1.807) is 6.07 Å². The van der Waals surface area contributed by atoms with Gasteiger partial charge in [-0.2, -0.15) is 0 Å². The molecule has 0 aromatic heterocycles. The van der Waals surface area contributed by atoms with Gasteiger partial charge in [0.2, 0.25) is 5.91 Å². The summed E-state index contributed by atoms with van der Waals surface area (Å²) in [6, 6.07) is 4.57. The zero-order valence-electron chi connectivity index (χ0n) is 20.2. The van der Waals surface area contributed by atoms with Gasteiger partial charge in [0.1, 0.15) is 0 Å². The average molecular weight is 643 g/mol. The standard InChI is InChI=1S/C22H34BCl2IN4O5/c1-5-19(15(4)26)29-30-35-34-10-6-9-23(33)20(11-14(2)3)28-21(31)13-27-22(32)17-12-16(24)7-8-18(17)25/h7-8,12,14,19-20,29-30,33H,4-6,9-11,13H2,1-3H3,(H,27,32)(H,28,31)/t19-,20-/m0/s1. The quantitative estimate of drug-likeness (QED) is 0.0576. The van der Waals surface area contributed by atoms with Gasteiger partial charge in [0.25, 0.3) is 5.91 Å². The van der Waals surface area contributed by atoms with Crippen molar-refractivity contribution in [3.63, 3.8) is 0 Å². The van der Waals surface area contributed by atoms with Gasteiger partial charge in [-0.3, -0.25) is 9.59 Å². The van der Waals surface area contributed by atoms with Crippen LogP contribution in [0.15, 0.2) is 28.4 Å². The summed E-state index contributed by atoms with van der Waals surface area (Å²) in [5.74, 6) is -1.17. The minimum absolute atomic E-state index is 0.0497. The second kappa shape index (κ2) is 17.5. The molecule has 1 rings (SSSR count). The fourth-order valence-electron chi connectivity index (χ4n) is 3.13. The third kappa shape index (κ3) is 13.3. The van der Waals surface area contributed by atoms with Crippen molar-refractivity contribution in [2.75, 3.05) is 13.2 Å². The van der Waals surface area contributed by atoms with Crippen LogP contribution in [0.3, 0.4) is 0 Å². The van der Waals surface area contributed by atoms with E-state index in [1.807, 2.05) is 20.8 Å². The van der Waals surface area contributed by atoms with E-state index in [4.69, 9.17) is 33.1 Å². The molecule has 1 aromatic rings. The van der Waals surface area contributed by atoms with E-state index < -0.39 is 24.7 Å². The van der Waals surface area contributed by atoms with Gasteiger partial charge >= 0.3 is 6.92 Å². The van der Waals surface area contributed by atoms with Crippen molar-refractivity contribution in [3.8, 4) is 0 Å². The van der Waals surface area contributed by atoms with Gasteiger partial charge in [-0.25, -0.2) is 10.3 Å². The zero-order valence-corrected chi connectivity index (χ0v) is 23.9. The Kier molecular flexibility index (Phi) is 16.1. The zero-order chi connectivity index (χ0) is 26.4. The Morgan fingerprint density at radius 2 is 2.00 bits per heavy atom. The number of amides is 2. The first kappa shape index (κ1) is 32.1. The first-order valence-corrected chi connectivity index (χ1v) is 13.2. The summed E-state index contributed by atoms with van der Waals surface area (Å²) in [6.45, 7) is 9.07. The molecule has 0 spiro atoms. The highest BCUT2D eigenvalue weighted by Crippen LogP contribution is 2.20. The molecule has 0 fully saturated rings. The number of hydrazine groups is 1. The van der Waals surface area contributed by atoms with Crippen molar-refractivity contribution in [1.29, 1.82) is 0 Å². The number of halogens is 3. The fraction of sp³-hybridized carbons (Fsp3) is 0.545. The highest BCUT2D eigenvalue weighted by Gasteiger charge is 2.26. The molecule has 2 atom stereocenters. The number of carbonyl (C=O) groups is 2. The van der Waals surface area contributed by atoms with Crippen molar-refractivity contribution in [1.82, 2.24) is 21.6 Å². The van der Waals surface area contributed by atoms with Crippen LogP contribution in [0.1, 0.15) is 50.4 Å². The molecule has 0 aliphatic rings. The molecule has 2 amide bonds. The normalized spacial score (nSPS) is 12.8. The van der Waals surface area contributed by atoms with Gasteiger partial charge in [0.05, 0.1) is 29.8 Å². The van der Waals surface area contributed by atoms with E-state index in [0.29, 0.717) is 24.2 Å². The third-order valence-corrected chi connectivity index (χ3v) is 6.28. The number of benzene rings is 1. The maximum absolute atomic E-state index is 12.4. The topological polar surface area (TPSA) is 121 Å². The van der Waals surface area contributed by atoms with Gasteiger partial charge < -0.3 is 15.7 Å². The monoisotopic (exact) mass is 642 g/mol. The summed E-state index contributed by atoms with van der Waals surface area (Å²) >= 11 is 14.1. The SMILES string of the molecule is C=C(I)[C@H](CC)NNOOCCCB(O)[C@H](CC(C)C)NC(=O)CNC(=O)c1cc(Cl)ccc1Cl. The van der Waals surface area contributed by atoms with E-state index in [1.165, 1.54) is 12.1 Å². The van der Waals surface area contributed by atoms with Crippen LogP contribution in [0, 0.1) is 5.92 Å². The molecule has 0 saturated carbocycles. The minimum atomic E-state index is -0.791. The predicted molar refractivity (Wildman–Crippen MR) is 148 cm³/mol. The molecule has 0 radical (unpaired) electrons. The maximum atomic E-state index is 12.4. The van der Waals surface area contributed by atoms with Crippen LogP contribution < -0.4 is 21.6 Å². The molecule has 196 valence electrons. The van der Waals surface area contributed by atoms with Crippen molar-refractivity contribution >= 4 is 64.5 Å². The highest BCUT2D eigenvalue weighted by molar-refractivity contribution is 14.1. The van der Waals surface area contributed by atoms with E-state index in [-0.39, 0.29) is 35.7 Å². The van der Waals surface area contributed by atoms with E-state index in [2.05, 4.69) is 50.8 Å². The molecular weight excluding hydrogens is 609 g/mol. The number of nitrogens with one attached hydrogen (secondary N) is 4. The van der Waals surface area contributed by atoms with Gasteiger partial charge in [-0.15, -0.1) is 10.6 Å². The number of carbonyl (C=O) groups excluding carboxylic acids is 2. The number of hydrogen-bond acceptors (Lipinski definition) is 7. The largest absolute Gasteiger partial charge is 0.449 e. The van der Waals surface area contributed by atoms with Crippen molar-refractivity contribution in [2.45, 2.75) is 58.3 Å². The molecule has 1 aromatic carbocycles. The molecule has 0 saturated heterocycles. The van der Waals surface area contributed by atoms with Crippen LogP contribution >= 0.6 is 45.8 Å². The van der Waals surface area contributed by atoms with Crippen LogP contribution in [0.5, 0.6) is 0 Å². The average Bonchev–Trinajstić information content (AvgIpc) is 2.79. The molecule has 0 aliphatic carbocycles. The maximum Gasteiger partial charge on any atom is 0.312 e. The summed E-state index contributed by atoms with van der Waals surface area (Å²) in [5.41, 5.74) is 5.62. The van der Waals surface area contributed by atoms with Gasteiger partial charge in [0, 0.05) is 14.5 Å². The van der Waals surface area contributed by atoms with Crippen molar-refractivity contribution in [3.05, 3.63) is 44.0 Å². The summed E-state index contributed by atoms with van der Waals surface area (Å²) in [6.07, 6.45) is 2.31. The Balaban J connectivity index is 2.42. The van der Waals surface area contributed by atoms with Crippen LogP contribution in [0.2, 0.25) is 16.4 Å². The lowest BCUT2D eigenvalue weighted by molar-refractivity contribution is -0.346. The van der Waals surface area contributed by atoms with E-state index in [9.17, 15) is 14.6 Å². The third-order valence-electron chi connectivity index (χ3n) is 4.97. The van der Waals surface area contributed by atoms with Gasteiger partial charge in [-0.1, -0.05) is 50.6 Å². The Morgan fingerprint density at radius 1 is 1.29 bits per heavy atom. The first-order valence-electron chi connectivity index (χ1n) is 11.4. The first-order chi connectivity index (χ1) is 16.5. The molecule has 5 N–H and O–H groups in total. The molecule has 35 heavy (non-hydrogen) atoms. The van der Waals surface area contributed by atoms with E-state index in [0.717, 1.165) is 10.0 Å². The second-order valence-corrected chi connectivity index (χ2v) is 10.6. The van der Waals surface area contributed by atoms with Crippen molar-refractivity contribution < 1.29 is 24.5 Å². The van der Waals surface area contributed by atoms with Crippen LogP contribution in [0.4, 0.5) is 0 Å². The lowest BCUT2D eigenvalue weighted by atomic mass is 9.55. The van der Waals surface area contributed by atoms with Crippen LogP contribution in [-0.2, 0) is 14.7 Å². The molecule has 0 bridgehead atoms. The number of hydrogen-bond donors (Lipinski definition) is 5. The fourth-order valence-corrected chi connectivity index (χ4v) is 4.10. The molecule has 0 heterocycles. The van der Waals surface area contributed by atoms with E-state index >= 15 is 0 Å². The Morgan fingerprint density at radius 3 is 2.63 bits per heavy atom. The summed E-state index contributed by atoms with van der Waals surface area (Å²) in [4.78, 5) is 34.7. The Bertz CT molecular complexity index is 837. The summed E-state index contributed by atoms with van der Waals surface area (Å²) in [7, 11) is 0. The molecule has 13 heteroatoms.